The maximum atomic E-state index is 14.3. The van der Waals surface area contributed by atoms with Crippen molar-refractivity contribution in [3.63, 3.8) is 0 Å². The highest BCUT2D eigenvalue weighted by Gasteiger charge is 2.42. The number of fused-ring (bicyclic) bond motifs is 2. The van der Waals surface area contributed by atoms with Crippen LogP contribution in [0.2, 0.25) is 0 Å². The molecule has 0 N–H and O–H groups in total. The van der Waals surface area contributed by atoms with Crippen molar-refractivity contribution in [2.75, 3.05) is 25.9 Å². The molecule has 3 aliphatic rings. The molecule has 0 aliphatic carbocycles. The Bertz CT molecular complexity index is 1210. The number of aromatic nitrogens is 3. The van der Waals surface area contributed by atoms with Crippen LogP contribution in [0.25, 0.3) is 0 Å². The Morgan fingerprint density at radius 1 is 0.947 bits per heavy atom. The second-order valence-corrected chi connectivity index (χ2v) is 14.0. The van der Waals surface area contributed by atoms with Crippen molar-refractivity contribution in [2.24, 2.45) is 5.92 Å². The standard InChI is InChI=1S/C28H41F2N5O2S/c1-18(2)28-32-31-19(3)35(28)26-16-24-5-6-25(17-26)34(24)12-9-27(21-13-22(29)15-23(30)14-21)20-7-10-33(11-8-20)38(4,36)37/h13-15,18,20,24-27H,5-12,16-17H2,1-4H3/t24-,25+,26?,27-/m1/s1. The van der Waals surface area contributed by atoms with Crippen LogP contribution in [0.5, 0.6) is 0 Å². The van der Waals surface area contributed by atoms with E-state index in [1.165, 1.54) is 35.5 Å². The van der Waals surface area contributed by atoms with Crippen molar-refractivity contribution in [2.45, 2.75) is 95.7 Å². The zero-order valence-corrected chi connectivity index (χ0v) is 23.8. The van der Waals surface area contributed by atoms with Gasteiger partial charge in [0.25, 0.3) is 0 Å². The molecule has 4 atom stereocenters. The molecule has 3 fully saturated rings. The highest BCUT2D eigenvalue weighted by atomic mass is 32.2. The lowest BCUT2D eigenvalue weighted by Gasteiger charge is -2.42. The second-order valence-electron chi connectivity index (χ2n) is 12.0. The maximum Gasteiger partial charge on any atom is 0.211 e. The topological polar surface area (TPSA) is 71.3 Å². The molecule has 38 heavy (non-hydrogen) atoms. The van der Waals surface area contributed by atoms with Crippen molar-refractivity contribution in [1.29, 1.82) is 0 Å². The van der Waals surface area contributed by atoms with E-state index in [2.05, 4.69) is 33.5 Å². The first-order chi connectivity index (χ1) is 18.0. The first-order valence-corrected chi connectivity index (χ1v) is 15.9. The molecule has 4 heterocycles. The van der Waals surface area contributed by atoms with Gasteiger partial charge < -0.3 is 4.57 Å². The number of halogens is 2. The van der Waals surface area contributed by atoms with E-state index < -0.39 is 21.7 Å². The molecule has 1 unspecified atom stereocenters. The van der Waals surface area contributed by atoms with Gasteiger partial charge in [0.2, 0.25) is 10.0 Å². The lowest BCUT2D eigenvalue weighted by atomic mass is 9.78. The predicted octanol–water partition coefficient (Wildman–Crippen LogP) is 5.00. The van der Waals surface area contributed by atoms with Crippen LogP contribution in [-0.4, -0.2) is 70.4 Å². The molecule has 2 aromatic rings. The Kier molecular flexibility index (Phi) is 7.95. The van der Waals surface area contributed by atoms with Crippen molar-refractivity contribution in [3.8, 4) is 0 Å². The third-order valence-electron chi connectivity index (χ3n) is 9.18. The fourth-order valence-corrected chi connectivity index (χ4v) is 8.29. The molecule has 1 aromatic carbocycles. The summed E-state index contributed by atoms with van der Waals surface area (Å²) < 4.78 is 56.5. The molecule has 1 aromatic heterocycles. The molecular formula is C28H41F2N5O2S. The summed E-state index contributed by atoms with van der Waals surface area (Å²) in [5.74, 6) is 1.46. The maximum absolute atomic E-state index is 14.3. The minimum Gasteiger partial charge on any atom is -0.312 e. The van der Waals surface area contributed by atoms with E-state index in [9.17, 15) is 17.2 Å². The fourth-order valence-electron chi connectivity index (χ4n) is 7.41. The van der Waals surface area contributed by atoms with E-state index in [-0.39, 0.29) is 11.8 Å². The number of sulfonamides is 1. The van der Waals surface area contributed by atoms with Gasteiger partial charge >= 0.3 is 0 Å². The molecule has 0 amide bonds. The average Bonchev–Trinajstić information content (AvgIpc) is 3.34. The van der Waals surface area contributed by atoms with Crippen LogP contribution < -0.4 is 0 Å². The minimum absolute atomic E-state index is 0.00771. The Balaban J connectivity index is 1.31. The average molecular weight is 550 g/mol. The molecule has 3 aliphatic heterocycles. The Labute approximate surface area is 225 Å². The van der Waals surface area contributed by atoms with Crippen molar-refractivity contribution < 1.29 is 17.2 Å². The quantitative estimate of drug-likeness (QED) is 0.463. The van der Waals surface area contributed by atoms with E-state index in [1.54, 1.807) is 0 Å². The van der Waals surface area contributed by atoms with Gasteiger partial charge in [0, 0.05) is 43.2 Å². The lowest BCUT2D eigenvalue weighted by Crippen LogP contribution is -2.45. The van der Waals surface area contributed by atoms with Gasteiger partial charge in [-0.25, -0.2) is 21.5 Å². The van der Waals surface area contributed by atoms with Crippen LogP contribution in [0.1, 0.15) is 93.9 Å². The second kappa shape index (κ2) is 10.9. The molecule has 5 rings (SSSR count). The van der Waals surface area contributed by atoms with Crippen molar-refractivity contribution >= 4 is 10.0 Å². The van der Waals surface area contributed by atoms with Gasteiger partial charge in [-0.05, 0) is 87.9 Å². The lowest BCUT2D eigenvalue weighted by molar-refractivity contribution is 0.0962. The highest BCUT2D eigenvalue weighted by molar-refractivity contribution is 7.88. The van der Waals surface area contributed by atoms with E-state index in [0.29, 0.717) is 55.5 Å². The molecule has 210 valence electrons. The monoisotopic (exact) mass is 549 g/mol. The normalized spacial score (nSPS) is 26.3. The molecule has 3 saturated heterocycles. The van der Waals surface area contributed by atoms with E-state index >= 15 is 0 Å². The smallest absolute Gasteiger partial charge is 0.211 e. The molecule has 2 bridgehead atoms. The summed E-state index contributed by atoms with van der Waals surface area (Å²) in [5, 5.41) is 8.84. The summed E-state index contributed by atoms with van der Waals surface area (Å²) in [6.45, 7) is 8.19. The van der Waals surface area contributed by atoms with Gasteiger partial charge in [-0.2, -0.15) is 0 Å². The van der Waals surface area contributed by atoms with Gasteiger partial charge in [-0.3, -0.25) is 4.90 Å². The summed E-state index contributed by atoms with van der Waals surface area (Å²) >= 11 is 0. The SMILES string of the molecule is Cc1nnc(C(C)C)n1C1C[C@H]2CC[C@@H](C1)N2CC[C@@H](c1cc(F)cc(F)c1)C1CCN(S(C)(=O)=O)CC1. The van der Waals surface area contributed by atoms with Gasteiger partial charge in [-0.15, -0.1) is 10.2 Å². The Morgan fingerprint density at radius 2 is 1.55 bits per heavy atom. The predicted molar refractivity (Wildman–Crippen MR) is 143 cm³/mol. The number of aryl methyl sites for hydroxylation is 1. The summed E-state index contributed by atoms with van der Waals surface area (Å²) in [6.07, 6.45) is 7.95. The highest BCUT2D eigenvalue weighted by Crippen LogP contribution is 2.44. The third-order valence-corrected chi connectivity index (χ3v) is 10.5. The van der Waals surface area contributed by atoms with Crippen LogP contribution in [0.3, 0.4) is 0 Å². The summed E-state index contributed by atoms with van der Waals surface area (Å²) in [6, 6.07) is 5.25. The number of hydrogen-bond donors (Lipinski definition) is 0. The zero-order chi connectivity index (χ0) is 27.2. The number of hydrogen-bond acceptors (Lipinski definition) is 5. The van der Waals surface area contributed by atoms with Crippen molar-refractivity contribution in [3.05, 3.63) is 47.0 Å². The largest absolute Gasteiger partial charge is 0.312 e. The Morgan fingerprint density at radius 3 is 2.11 bits per heavy atom. The summed E-state index contributed by atoms with van der Waals surface area (Å²) in [4.78, 5) is 2.64. The number of rotatable bonds is 8. The molecule has 0 saturated carbocycles. The first kappa shape index (κ1) is 27.6. The number of benzene rings is 1. The molecule has 7 nitrogen and oxygen atoms in total. The van der Waals surface area contributed by atoms with Crippen molar-refractivity contribution in [1.82, 2.24) is 24.0 Å². The van der Waals surface area contributed by atoms with Gasteiger partial charge in [0.05, 0.1) is 6.26 Å². The van der Waals surface area contributed by atoms with Crippen LogP contribution in [0.15, 0.2) is 18.2 Å². The van der Waals surface area contributed by atoms with Crippen LogP contribution in [0, 0.1) is 24.5 Å². The molecular weight excluding hydrogens is 508 g/mol. The fraction of sp³-hybridized carbons (Fsp3) is 0.714. The van der Waals surface area contributed by atoms with Crippen LogP contribution >= 0.6 is 0 Å². The zero-order valence-electron chi connectivity index (χ0n) is 23.0. The molecule has 0 spiro atoms. The molecule has 10 heteroatoms. The van der Waals surface area contributed by atoms with E-state index in [1.807, 2.05) is 6.92 Å². The minimum atomic E-state index is -3.23. The van der Waals surface area contributed by atoms with E-state index in [4.69, 9.17) is 0 Å². The third kappa shape index (κ3) is 5.68. The first-order valence-electron chi connectivity index (χ1n) is 14.1. The van der Waals surface area contributed by atoms with Crippen LogP contribution in [0.4, 0.5) is 8.78 Å². The molecule has 0 radical (unpaired) electrons. The number of nitrogens with zero attached hydrogens (tertiary/aromatic N) is 5. The number of piperidine rings is 2. The van der Waals surface area contributed by atoms with E-state index in [0.717, 1.165) is 43.5 Å². The summed E-state index contributed by atoms with van der Waals surface area (Å²) in [5.41, 5.74) is 0.698. The summed E-state index contributed by atoms with van der Waals surface area (Å²) in [7, 11) is -3.23. The van der Waals surface area contributed by atoms with Gasteiger partial charge in [0.15, 0.2) is 0 Å². The Hall–Kier alpha value is -1.91. The van der Waals surface area contributed by atoms with Gasteiger partial charge in [0.1, 0.15) is 23.3 Å². The van der Waals surface area contributed by atoms with Gasteiger partial charge in [-0.1, -0.05) is 13.8 Å². The van der Waals surface area contributed by atoms with Crippen LogP contribution in [-0.2, 0) is 10.0 Å².